The molecule has 1 aliphatic rings. The van der Waals surface area contributed by atoms with Gasteiger partial charge in [-0.1, -0.05) is 23.8 Å². The molecular weight excluding hydrogens is 288 g/mol. The number of aromatic nitrogens is 2. The van der Waals surface area contributed by atoms with Crippen LogP contribution in [0.5, 0.6) is 0 Å². The number of anilines is 1. The molecule has 1 aromatic heterocycles. The second-order valence-corrected chi connectivity index (χ2v) is 6.21. The molecule has 2 aromatic rings. The quantitative estimate of drug-likeness (QED) is 0.935. The van der Waals surface area contributed by atoms with Crippen molar-refractivity contribution in [2.24, 2.45) is 0 Å². The maximum Gasteiger partial charge on any atom is 0.225 e. The fraction of sp³-hybridized carbons (Fsp3) is 0.444. The average molecular weight is 312 g/mol. The van der Waals surface area contributed by atoms with Crippen molar-refractivity contribution in [3.63, 3.8) is 0 Å². The molecule has 0 saturated carbocycles. The Hall–Kier alpha value is -1.98. The van der Waals surface area contributed by atoms with Gasteiger partial charge < -0.3 is 10.0 Å². The SMILES string of the molecule is Cc1ccc(C)c([C@@H](O)CN2CCN(c3ncccn3)CC2)c1. The summed E-state index contributed by atoms with van der Waals surface area (Å²) >= 11 is 0. The average Bonchev–Trinajstić information content (AvgIpc) is 2.58. The summed E-state index contributed by atoms with van der Waals surface area (Å²) in [5.41, 5.74) is 3.38. The van der Waals surface area contributed by atoms with Gasteiger partial charge in [0.15, 0.2) is 0 Å². The second-order valence-electron chi connectivity index (χ2n) is 6.21. The van der Waals surface area contributed by atoms with Crippen molar-refractivity contribution in [2.45, 2.75) is 20.0 Å². The fourth-order valence-electron chi connectivity index (χ4n) is 3.05. The summed E-state index contributed by atoms with van der Waals surface area (Å²) in [7, 11) is 0. The molecule has 0 bridgehead atoms. The number of aryl methyl sites for hydroxylation is 2. The van der Waals surface area contributed by atoms with Gasteiger partial charge in [0.05, 0.1) is 6.10 Å². The van der Waals surface area contributed by atoms with Crippen LogP contribution >= 0.6 is 0 Å². The van der Waals surface area contributed by atoms with Gasteiger partial charge in [-0.05, 0) is 31.0 Å². The van der Waals surface area contributed by atoms with Crippen LogP contribution in [0.25, 0.3) is 0 Å². The molecule has 0 unspecified atom stereocenters. The lowest BCUT2D eigenvalue weighted by Crippen LogP contribution is -2.48. The van der Waals surface area contributed by atoms with Crippen LogP contribution in [0.1, 0.15) is 22.8 Å². The first-order chi connectivity index (χ1) is 11.1. The van der Waals surface area contributed by atoms with Gasteiger partial charge in [0.2, 0.25) is 5.95 Å². The molecule has 5 heteroatoms. The largest absolute Gasteiger partial charge is 0.387 e. The summed E-state index contributed by atoms with van der Waals surface area (Å²) in [6, 6.07) is 8.09. The van der Waals surface area contributed by atoms with E-state index in [1.54, 1.807) is 12.4 Å². The predicted octanol–water partition coefficient (Wildman–Crippen LogP) is 1.95. The Morgan fingerprint density at radius 2 is 1.78 bits per heavy atom. The molecule has 1 N–H and O–H groups in total. The third kappa shape index (κ3) is 3.86. The van der Waals surface area contributed by atoms with Crippen LogP contribution in [0, 0.1) is 13.8 Å². The highest BCUT2D eigenvalue weighted by atomic mass is 16.3. The topological polar surface area (TPSA) is 52.5 Å². The molecule has 3 rings (SSSR count). The van der Waals surface area contributed by atoms with Gasteiger partial charge in [0.25, 0.3) is 0 Å². The van der Waals surface area contributed by atoms with Crippen molar-refractivity contribution in [3.05, 3.63) is 53.3 Å². The van der Waals surface area contributed by atoms with Crippen LogP contribution in [-0.2, 0) is 0 Å². The van der Waals surface area contributed by atoms with E-state index in [9.17, 15) is 5.11 Å². The van der Waals surface area contributed by atoms with Crippen molar-refractivity contribution >= 4 is 5.95 Å². The van der Waals surface area contributed by atoms with Crippen LogP contribution in [0.2, 0.25) is 0 Å². The highest BCUT2D eigenvalue weighted by Crippen LogP contribution is 2.21. The van der Waals surface area contributed by atoms with Crippen LogP contribution in [0.15, 0.2) is 36.7 Å². The summed E-state index contributed by atoms with van der Waals surface area (Å²) in [4.78, 5) is 13.1. The summed E-state index contributed by atoms with van der Waals surface area (Å²) in [6.45, 7) is 8.41. The number of β-amino-alcohol motifs (C(OH)–C–C–N with tert-alkyl or cyclic N) is 1. The van der Waals surface area contributed by atoms with Crippen LogP contribution in [0.4, 0.5) is 5.95 Å². The molecule has 5 nitrogen and oxygen atoms in total. The molecule has 1 atom stereocenters. The van der Waals surface area contributed by atoms with E-state index in [1.165, 1.54) is 5.56 Å². The van der Waals surface area contributed by atoms with E-state index >= 15 is 0 Å². The Morgan fingerprint density at radius 1 is 1.09 bits per heavy atom. The Labute approximate surface area is 137 Å². The van der Waals surface area contributed by atoms with E-state index in [4.69, 9.17) is 0 Å². The number of aliphatic hydroxyl groups excluding tert-OH is 1. The zero-order valence-electron chi connectivity index (χ0n) is 13.8. The number of aliphatic hydroxyl groups is 1. The Balaban J connectivity index is 1.57. The van der Waals surface area contributed by atoms with Gasteiger partial charge in [-0.25, -0.2) is 9.97 Å². The minimum atomic E-state index is -0.436. The highest BCUT2D eigenvalue weighted by Gasteiger charge is 2.21. The van der Waals surface area contributed by atoms with Gasteiger partial charge in [0.1, 0.15) is 0 Å². The maximum atomic E-state index is 10.6. The first-order valence-electron chi connectivity index (χ1n) is 8.13. The van der Waals surface area contributed by atoms with Gasteiger partial charge in [-0.3, -0.25) is 4.90 Å². The number of benzene rings is 1. The van der Waals surface area contributed by atoms with Gasteiger partial charge >= 0.3 is 0 Å². The van der Waals surface area contributed by atoms with E-state index in [1.807, 2.05) is 6.07 Å². The first kappa shape index (κ1) is 15.9. The van der Waals surface area contributed by atoms with Crippen LogP contribution in [-0.4, -0.2) is 52.7 Å². The minimum absolute atomic E-state index is 0.436. The lowest BCUT2D eigenvalue weighted by Gasteiger charge is -2.35. The molecule has 0 amide bonds. The normalized spacial score (nSPS) is 17.3. The smallest absolute Gasteiger partial charge is 0.225 e. The number of piperazine rings is 1. The molecule has 0 radical (unpaired) electrons. The zero-order valence-corrected chi connectivity index (χ0v) is 13.8. The van der Waals surface area contributed by atoms with Crippen molar-refractivity contribution in [1.29, 1.82) is 0 Å². The molecule has 1 aromatic carbocycles. The second kappa shape index (κ2) is 7.06. The van der Waals surface area contributed by atoms with E-state index < -0.39 is 6.10 Å². The third-order valence-electron chi connectivity index (χ3n) is 4.43. The number of hydrogen-bond acceptors (Lipinski definition) is 5. The Bertz CT molecular complexity index is 639. The van der Waals surface area contributed by atoms with E-state index in [-0.39, 0.29) is 0 Å². The molecule has 23 heavy (non-hydrogen) atoms. The van der Waals surface area contributed by atoms with E-state index in [0.29, 0.717) is 6.54 Å². The predicted molar refractivity (Wildman–Crippen MR) is 91.6 cm³/mol. The molecular formula is C18H24N4O. The molecule has 1 fully saturated rings. The maximum absolute atomic E-state index is 10.6. The Morgan fingerprint density at radius 3 is 2.48 bits per heavy atom. The minimum Gasteiger partial charge on any atom is -0.387 e. The highest BCUT2D eigenvalue weighted by molar-refractivity contribution is 5.32. The molecule has 0 spiro atoms. The first-order valence-corrected chi connectivity index (χ1v) is 8.13. The van der Waals surface area contributed by atoms with Gasteiger partial charge in [-0.15, -0.1) is 0 Å². The van der Waals surface area contributed by atoms with Crippen LogP contribution < -0.4 is 4.90 Å². The summed E-state index contributed by atoms with van der Waals surface area (Å²) in [6.07, 6.45) is 3.12. The molecule has 2 heterocycles. The van der Waals surface area contributed by atoms with Gasteiger partial charge in [-0.2, -0.15) is 0 Å². The van der Waals surface area contributed by atoms with Crippen molar-refractivity contribution < 1.29 is 5.11 Å². The molecule has 1 aliphatic heterocycles. The van der Waals surface area contributed by atoms with E-state index in [0.717, 1.165) is 43.3 Å². The number of nitrogens with zero attached hydrogens (tertiary/aromatic N) is 4. The summed E-state index contributed by atoms with van der Waals surface area (Å²) in [5, 5.41) is 10.6. The monoisotopic (exact) mass is 312 g/mol. The van der Waals surface area contributed by atoms with Crippen molar-refractivity contribution in [2.75, 3.05) is 37.6 Å². The standard InChI is InChI=1S/C18H24N4O/c1-14-4-5-15(2)16(12-14)17(23)13-21-8-10-22(11-9-21)18-19-6-3-7-20-18/h3-7,12,17,23H,8-11,13H2,1-2H3/t17-/m0/s1. The van der Waals surface area contributed by atoms with Gasteiger partial charge in [0, 0.05) is 45.1 Å². The Kier molecular flexibility index (Phi) is 4.88. The number of hydrogen-bond donors (Lipinski definition) is 1. The van der Waals surface area contributed by atoms with Crippen molar-refractivity contribution in [1.82, 2.24) is 14.9 Å². The third-order valence-corrected chi connectivity index (χ3v) is 4.43. The van der Waals surface area contributed by atoms with Crippen LogP contribution in [0.3, 0.4) is 0 Å². The summed E-state index contributed by atoms with van der Waals surface area (Å²) in [5.74, 6) is 0.794. The fourth-order valence-corrected chi connectivity index (χ4v) is 3.05. The molecule has 1 saturated heterocycles. The van der Waals surface area contributed by atoms with Crippen molar-refractivity contribution in [3.8, 4) is 0 Å². The summed E-state index contributed by atoms with van der Waals surface area (Å²) < 4.78 is 0. The lowest BCUT2D eigenvalue weighted by atomic mass is 10.0. The molecule has 122 valence electrons. The van der Waals surface area contributed by atoms with E-state index in [2.05, 4.69) is 51.8 Å². The number of rotatable bonds is 4. The zero-order chi connectivity index (χ0) is 16.2. The lowest BCUT2D eigenvalue weighted by molar-refractivity contribution is 0.109. The molecule has 0 aliphatic carbocycles.